The Morgan fingerprint density at radius 1 is 0.493 bits per heavy atom. The minimum Gasteiger partial charge on any atom is -0.394 e. The summed E-state index contributed by atoms with van der Waals surface area (Å²) >= 11 is 0. The summed E-state index contributed by atoms with van der Waals surface area (Å²) in [5.41, 5.74) is 0. The number of aliphatic hydroxyl groups excluding tert-OH is 8. The molecule has 9 N–H and O–H groups in total. The van der Waals surface area contributed by atoms with Gasteiger partial charge in [0.05, 0.1) is 32.0 Å². The second kappa shape index (κ2) is 43.4. The van der Waals surface area contributed by atoms with E-state index in [0.717, 1.165) is 44.9 Å². The molecule has 0 bridgehead atoms. The van der Waals surface area contributed by atoms with Crippen LogP contribution in [0, 0.1) is 0 Å². The summed E-state index contributed by atoms with van der Waals surface area (Å²) in [5.74, 6) is -0.252. The van der Waals surface area contributed by atoms with E-state index in [-0.39, 0.29) is 18.9 Å². The quantitative estimate of drug-likeness (QED) is 0.0205. The van der Waals surface area contributed by atoms with Crippen molar-refractivity contribution >= 4 is 5.91 Å². The molecule has 0 aromatic rings. The molecule has 0 radical (unpaired) electrons. The zero-order valence-electron chi connectivity index (χ0n) is 44.5. The first-order valence-electron chi connectivity index (χ1n) is 28.7. The zero-order valence-corrected chi connectivity index (χ0v) is 44.5. The van der Waals surface area contributed by atoms with Gasteiger partial charge in [0.2, 0.25) is 5.91 Å². The fourth-order valence-corrected chi connectivity index (χ4v) is 9.38. The molecule has 14 nitrogen and oxygen atoms in total. The molecule has 416 valence electrons. The Kier molecular flexibility index (Phi) is 40.0. The van der Waals surface area contributed by atoms with Gasteiger partial charge in [0, 0.05) is 6.42 Å². The number of hydrogen-bond donors (Lipinski definition) is 9. The Morgan fingerprint density at radius 2 is 0.901 bits per heavy atom. The van der Waals surface area contributed by atoms with Crippen LogP contribution in [0.25, 0.3) is 0 Å². The average Bonchev–Trinajstić information content (AvgIpc) is 3.37. The molecular weight excluding hydrogens is 907 g/mol. The van der Waals surface area contributed by atoms with E-state index in [4.69, 9.17) is 18.9 Å². The molecule has 2 aliphatic heterocycles. The number of aliphatic hydroxyl groups is 8. The molecule has 1 amide bonds. The van der Waals surface area contributed by atoms with Gasteiger partial charge in [0.1, 0.15) is 48.8 Å². The summed E-state index contributed by atoms with van der Waals surface area (Å²) in [6.45, 7) is 2.78. The molecule has 0 aromatic carbocycles. The van der Waals surface area contributed by atoms with Crippen molar-refractivity contribution in [3.8, 4) is 0 Å². The highest BCUT2D eigenvalue weighted by Gasteiger charge is 2.51. The van der Waals surface area contributed by atoms with E-state index in [1.807, 2.05) is 6.08 Å². The highest BCUT2D eigenvalue weighted by Crippen LogP contribution is 2.30. The minimum absolute atomic E-state index is 0.252. The van der Waals surface area contributed by atoms with Crippen molar-refractivity contribution in [2.45, 2.75) is 299 Å². The Morgan fingerprint density at radius 3 is 1.38 bits per heavy atom. The molecule has 0 spiro atoms. The number of amides is 1. The SMILES string of the molecule is CCCCCCCCCCCCCCC/C=C/CC/C=C/CC/C=C/C(O)C(COC1OC(CO)C(OC2OC(CO)C(O)C(O)C2O)C(O)C1O)NC(=O)CCCCCCCCCCCCCCCC. The van der Waals surface area contributed by atoms with Crippen LogP contribution in [0.15, 0.2) is 36.5 Å². The van der Waals surface area contributed by atoms with Crippen LogP contribution in [0.1, 0.15) is 226 Å². The van der Waals surface area contributed by atoms with E-state index < -0.39 is 86.8 Å². The lowest BCUT2D eigenvalue weighted by molar-refractivity contribution is -0.359. The molecule has 0 aliphatic carbocycles. The van der Waals surface area contributed by atoms with E-state index in [1.165, 1.54) is 148 Å². The van der Waals surface area contributed by atoms with Gasteiger partial charge in [-0.25, -0.2) is 0 Å². The van der Waals surface area contributed by atoms with Crippen molar-refractivity contribution in [1.82, 2.24) is 5.32 Å². The molecule has 2 saturated heterocycles. The van der Waals surface area contributed by atoms with Gasteiger partial charge in [-0.2, -0.15) is 0 Å². The summed E-state index contributed by atoms with van der Waals surface area (Å²) in [6.07, 6.45) is 34.7. The Balaban J connectivity index is 1.81. The number of unbranched alkanes of at least 4 members (excludes halogenated alkanes) is 28. The molecule has 2 heterocycles. The van der Waals surface area contributed by atoms with Gasteiger partial charge in [0.25, 0.3) is 0 Å². The second-order valence-electron chi connectivity index (χ2n) is 20.4. The van der Waals surface area contributed by atoms with Crippen LogP contribution in [0.4, 0.5) is 0 Å². The molecule has 2 fully saturated rings. The highest BCUT2D eigenvalue weighted by molar-refractivity contribution is 5.76. The minimum atomic E-state index is -1.79. The Hall–Kier alpha value is -1.79. The van der Waals surface area contributed by atoms with E-state index in [1.54, 1.807) is 6.08 Å². The third-order valence-electron chi connectivity index (χ3n) is 14.1. The lowest BCUT2D eigenvalue weighted by Crippen LogP contribution is -2.65. The molecule has 2 aliphatic rings. The molecule has 14 heteroatoms. The maximum absolute atomic E-state index is 13.2. The van der Waals surface area contributed by atoms with Gasteiger partial charge in [-0.3, -0.25) is 4.79 Å². The molecule has 2 rings (SSSR count). The van der Waals surface area contributed by atoms with Crippen LogP contribution < -0.4 is 5.32 Å². The van der Waals surface area contributed by atoms with Gasteiger partial charge in [-0.15, -0.1) is 0 Å². The van der Waals surface area contributed by atoms with Crippen LogP contribution in [0.3, 0.4) is 0 Å². The predicted octanol–water partition coefficient (Wildman–Crippen LogP) is 9.05. The molecule has 71 heavy (non-hydrogen) atoms. The molecular formula is C57H105NO13. The number of rotatable bonds is 45. The van der Waals surface area contributed by atoms with Crippen molar-refractivity contribution < 1.29 is 64.6 Å². The van der Waals surface area contributed by atoms with Gasteiger partial charge in [-0.1, -0.05) is 211 Å². The number of nitrogens with one attached hydrogen (secondary N) is 1. The summed E-state index contributed by atoms with van der Waals surface area (Å²) in [7, 11) is 0. The third-order valence-corrected chi connectivity index (χ3v) is 14.1. The van der Waals surface area contributed by atoms with E-state index in [2.05, 4.69) is 43.5 Å². The van der Waals surface area contributed by atoms with Crippen LogP contribution >= 0.6 is 0 Å². The van der Waals surface area contributed by atoms with E-state index >= 15 is 0 Å². The summed E-state index contributed by atoms with van der Waals surface area (Å²) in [6, 6.07) is -0.934. The van der Waals surface area contributed by atoms with Crippen molar-refractivity contribution in [1.29, 1.82) is 0 Å². The molecule has 12 atom stereocenters. The highest BCUT2D eigenvalue weighted by atomic mass is 16.7. The van der Waals surface area contributed by atoms with Gasteiger partial charge in [-0.05, 0) is 44.9 Å². The van der Waals surface area contributed by atoms with Crippen LogP contribution in [-0.2, 0) is 23.7 Å². The first kappa shape index (κ1) is 65.3. The first-order valence-corrected chi connectivity index (χ1v) is 28.7. The molecule has 0 aromatic heterocycles. The monoisotopic (exact) mass is 1010 g/mol. The van der Waals surface area contributed by atoms with Crippen molar-refractivity contribution in [2.75, 3.05) is 19.8 Å². The Bertz CT molecular complexity index is 1330. The number of carbonyl (C=O) groups is 1. The van der Waals surface area contributed by atoms with Crippen molar-refractivity contribution in [3.05, 3.63) is 36.5 Å². The first-order chi connectivity index (χ1) is 34.6. The summed E-state index contributed by atoms with van der Waals surface area (Å²) in [4.78, 5) is 13.2. The number of hydrogen-bond acceptors (Lipinski definition) is 13. The van der Waals surface area contributed by atoms with Gasteiger partial charge >= 0.3 is 0 Å². The lowest BCUT2D eigenvalue weighted by atomic mass is 9.97. The fraction of sp³-hybridized carbons (Fsp3) is 0.877. The summed E-state index contributed by atoms with van der Waals surface area (Å²) < 4.78 is 22.7. The Labute approximate surface area is 430 Å². The molecule has 12 unspecified atom stereocenters. The number of ether oxygens (including phenoxy) is 4. The number of carbonyl (C=O) groups excluding carboxylic acids is 1. The fourth-order valence-electron chi connectivity index (χ4n) is 9.38. The maximum atomic E-state index is 13.2. The third kappa shape index (κ3) is 29.8. The number of allylic oxidation sites excluding steroid dienone is 5. The lowest BCUT2D eigenvalue weighted by Gasteiger charge is -2.46. The van der Waals surface area contributed by atoms with Crippen LogP contribution in [-0.4, -0.2) is 140 Å². The normalized spacial score (nSPS) is 26.0. The zero-order chi connectivity index (χ0) is 51.7. The maximum Gasteiger partial charge on any atom is 0.220 e. The van der Waals surface area contributed by atoms with E-state index in [0.29, 0.717) is 12.8 Å². The average molecular weight is 1010 g/mol. The largest absolute Gasteiger partial charge is 0.394 e. The summed E-state index contributed by atoms with van der Waals surface area (Å²) in [5, 5.41) is 86.9. The molecule has 0 saturated carbocycles. The smallest absolute Gasteiger partial charge is 0.220 e. The topological polar surface area (TPSA) is 228 Å². The van der Waals surface area contributed by atoms with Crippen molar-refractivity contribution in [3.63, 3.8) is 0 Å². The standard InChI is InChI=1S/C57H105NO13/c1-3-5-7-9-11-13-15-17-19-20-21-22-23-24-25-26-27-28-30-32-34-36-38-40-46(61)45(58-49(62)41-39-37-35-33-31-29-18-16-14-12-10-8-6-4-2)44-68-56-54(67)52(65)55(48(43-60)70-56)71-57-53(66)51(64)50(63)47(42-59)69-57/h25-26,30,32,38,40,45-48,50-57,59-61,63-67H,3-24,27-29,31,33-37,39,41-44H2,1-2H3,(H,58,62)/b26-25+,32-30+,40-38+. The van der Waals surface area contributed by atoms with Crippen LogP contribution in [0.5, 0.6) is 0 Å². The van der Waals surface area contributed by atoms with Gasteiger partial charge < -0.3 is 65.1 Å². The van der Waals surface area contributed by atoms with Crippen molar-refractivity contribution in [2.24, 2.45) is 0 Å². The second-order valence-corrected chi connectivity index (χ2v) is 20.4. The van der Waals surface area contributed by atoms with Gasteiger partial charge in [0.15, 0.2) is 12.6 Å². The van der Waals surface area contributed by atoms with E-state index in [9.17, 15) is 45.6 Å². The van der Waals surface area contributed by atoms with Crippen LogP contribution in [0.2, 0.25) is 0 Å². The predicted molar refractivity (Wildman–Crippen MR) is 281 cm³/mol.